The highest BCUT2D eigenvalue weighted by atomic mass is 79.9. The van der Waals surface area contributed by atoms with Gasteiger partial charge in [-0.2, -0.15) is 0 Å². The Bertz CT molecular complexity index is 556. The van der Waals surface area contributed by atoms with Crippen molar-refractivity contribution in [1.82, 2.24) is 5.32 Å². The van der Waals surface area contributed by atoms with Crippen molar-refractivity contribution in [3.8, 4) is 0 Å². The van der Waals surface area contributed by atoms with E-state index in [1.807, 2.05) is 24.3 Å². The third kappa shape index (κ3) is 3.99. The molecule has 0 bridgehead atoms. The van der Waals surface area contributed by atoms with Gasteiger partial charge in [-0.15, -0.1) is 0 Å². The molecule has 0 aliphatic heterocycles. The second kappa shape index (κ2) is 6.80. The molecular weight excluding hydrogens is 349 g/mol. The lowest BCUT2D eigenvalue weighted by molar-refractivity contribution is 0.405. The molecule has 19 heavy (non-hydrogen) atoms. The van der Waals surface area contributed by atoms with E-state index in [2.05, 4.69) is 28.2 Å². The van der Waals surface area contributed by atoms with Crippen molar-refractivity contribution >= 4 is 39.1 Å². The molecule has 1 aromatic carbocycles. The quantitative estimate of drug-likeness (QED) is 0.786. The van der Waals surface area contributed by atoms with Gasteiger partial charge in [-0.05, 0) is 64.8 Å². The minimum Gasteiger partial charge on any atom is -0.453 e. The van der Waals surface area contributed by atoms with Crippen LogP contribution in [0.2, 0.25) is 10.0 Å². The number of rotatable bonds is 5. The molecule has 0 amide bonds. The van der Waals surface area contributed by atoms with Crippen LogP contribution in [0, 0.1) is 0 Å². The van der Waals surface area contributed by atoms with Gasteiger partial charge in [0.25, 0.3) is 0 Å². The fraction of sp³-hybridized carbons (Fsp3) is 0.286. The molecule has 0 radical (unpaired) electrons. The summed E-state index contributed by atoms with van der Waals surface area (Å²) in [6.45, 7) is 2.91. The SMILES string of the molecule is CCNC(Cc1cc(Cl)ccc1Cl)c1ccc(Br)o1. The third-order valence-electron chi connectivity index (χ3n) is 2.82. The summed E-state index contributed by atoms with van der Waals surface area (Å²) in [6, 6.07) is 9.42. The Morgan fingerprint density at radius 2 is 2.05 bits per heavy atom. The normalized spacial score (nSPS) is 12.6. The first-order valence-corrected chi connectivity index (χ1v) is 7.57. The van der Waals surface area contributed by atoms with Crippen LogP contribution in [0.4, 0.5) is 0 Å². The molecule has 0 saturated heterocycles. The minimum absolute atomic E-state index is 0.0762. The van der Waals surface area contributed by atoms with Crippen LogP contribution in [0.15, 0.2) is 39.4 Å². The van der Waals surface area contributed by atoms with Crippen LogP contribution < -0.4 is 5.32 Å². The Kier molecular flexibility index (Phi) is 5.34. The molecule has 1 atom stereocenters. The predicted molar refractivity (Wildman–Crippen MR) is 83.0 cm³/mol. The first-order valence-electron chi connectivity index (χ1n) is 6.02. The van der Waals surface area contributed by atoms with Gasteiger partial charge in [0.05, 0.1) is 6.04 Å². The summed E-state index contributed by atoms with van der Waals surface area (Å²) in [6.07, 6.45) is 0.729. The van der Waals surface area contributed by atoms with E-state index < -0.39 is 0 Å². The van der Waals surface area contributed by atoms with Crippen LogP contribution in [0.1, 0.15) is 24.3 Å². The van der Waals surface area contributed by atoms with Crippen LogP contribution in [0.25, 0.3) is 0 Å². The molecule has 0 fully saturated rings. The summed E-state index contributed by atoms with van der Waals surface area (Å²) in [7, 11) is 0. The lowest BCUT2D eigenvalue weighted by Gasteiger charge is -2.16. The summed E-state index contributed by atoms with van der Waals surface area (Å²) in [5.74, 6) is 0.879. The third-order valence-corrected chi connectivity index (χ3v) is 3.85. The molecular formula is C14H14BrCl2NO. The monoisotopic (exact) mass is 361 g/mol. The maximum Gasteiger partial charge on any atom is 0.169 e. The van der Waals surface area contributed by atoms with Crippen molar-refractivity contribution in [2.75, 3.05) is 6.54 Å². The summed E-state index contributed by atoms with van der Waals surface area (Å²) in [5.41, 5.74) is 1.01. The second-order valence-corrected chi connectivity index (χ2v) is 5.82. The molecule has 0 aliphatic rings. The fourth-order valence-corrected chi connectivity index (χ4v) is 2.66. The lowest BCUT2D eigenvalue weighted by atomic mass is 10.0. The van der Waals surface area contributed by atoms with E-state index in [-0.39, 0.29) is 6.04 Å². The van der Waals surface area contributed by atoms with Crippen molar-refractivity contribution in [3.05, 3.63) is 56.4 Å². The average Bonchev–Trinajstić information content (AvgIpc) is 2.80. The minimum atomic E-state index is 0.0762. The highest BCUT2D eigenvalue weighted by molar-refractivity contribution is 9.10. The number of nitrogens with one attached hydrogen (secondary N) is 1. The van der Waals surface area contributed by atoms with Crippen molar-refractivity contribution in [2.45, 2.75) is 19.4 Å². The number of hydrogen-bond acceptors (Lipinski definition) is 2. The highest BCUT2D eigenvalue weighted by Gasteiger charge is 2.16. The molecule has 5 heteroatoms. The van der Waals surface area contributed by atoms with Gasteiger partial charge in [0, 0.05) is 10.0 Å². The zero-order valence-electron chi connectivity index (χ0n) is 10.4. The molecule has 1 aromatic heterocycles. The number of likely N-dealkylation sites (N-methyl/N-ethyl adjacent to an activating group) is 1. The molecule has 2 rings (SSSR count). The van der Waals surface area contributed by atoms with Gasteiger partial charge < -0.3 is 9.73 Å². The molecule has 0 spiro atoms. The Labute approximate surface area is 131 Å². The van der Waals surface area contributed by atoms with Gasteiger partial charge >= 0.3 is 0 Å². The van der Waals surface area contributed by atoms with Gasteiger partial charge in [-0.3, -0.25) is 0 Å². The van der Waals surface area contributed by atoms with Crippen LogP contribution in [0.5, 0.6) is 0 Å². The van der Waals surface area contributed by atoms with Crippen molar-refractivity contribution < 1.29 is 4.42 Å². The molecule has 1 N–H and O–H groups in total. The fourth-order valence-electron chi connectivity index (χ4n) is 1.95. The summed E-state index contributed by atoms with van der Waals surface area (Å²) >= 11 is 15.5. The number of furan rings is 1. The van der Waals surface area contributed by atoms with Crippen molar-refractivity contribution in [2.24, 2.45) is 0 Å². The van der Waals surface area contributed by atoms with E-state index in [4.69, 9.17) is 27.6 Å². The zero-order chi connectivity index (χ0) is 13.8. The zero-order valence-corrected chi connectivity index (χ0v) is 13.5. The Morgan fingerprint density at radius 1 is 1.26 bits per heavy atom. The van der Waals surface area contributed by atoms with E-state index in [1.165, 1.54) is 0 Å². The smallest absolute Gasteiger partial charge is 0.169 e. The van der Waals surface area contributed by atoms with Crippen LogP contribution in [-0.2, 0) is 6.42 Å². The van der Waals surface area contributed by atoms with E-state index in [9.17, 15) is 0 Å². The van der Waals surface area contributed by atoms with Gasteiger partial charge in [-0.25, -0.2) is 0 Å². The summed E-state index contributed by atoms with van der Waals surface area (Å²) in [4.78, 5) is 0. The van der Waals surface area contributed by atoms with Crippen molar-refractivity contribution in [1.29, 1.82) is 0 Å². The van der Waals surface area contributed by atoms with Gasteiger partial charge in [0.15, 0.2) is 4.67 Å². The Morgan fingerprint density at radius 3 is 2.68 bits per heavy atom. The number of benzene rings is 1. The van der Waals surface area contributed by atoms with Crippen LogP contribution in [-0.4, -0.2) is 6.54 Å². The number of hydrogen-bond donors (Lipinski definition) is 1. The molecule has 1 unspecified atom stereocenters. The standard InChI is InChI=1S/C14H14BrCl2NO/c1-2-18-12(13-5-6-14(15)19-13)8-9-7-10(16)3-4-11(9)17/h3-7,12,18H,2,8H2,1H3. The van der Waals surface area contributed by atoms with Crippen LogP contribution >= 0.6 is 39.1 Å². The van der Waals surface area contributed by atoms with E-state index in [0.717, 1.165) is 34.0 Å². The largest absolute Gasteiger partial charge is 0.453 e. The maximum absolute atomic E-state index is 6.21. The van der Waals surface area contributed by atoms with Gasteiger partial charge in [0.2, 0.25) is 0 Å². The van der Waals surface area contributed by atoms with Gasteiger partial charge in [-0.1, -0.05) is 30.1 Å². The summed E-state index contributed by atoms with van der Waals surface area (Å²) < 4.78 is 6.34. The maximum atomic E-state index is 6.21. The van der Waals surface area contributed by atoms with Crippen LogP contribution in [0.3, 0.4) is 0 Å². The molecule has 0 saturated carbocycles. The Balaban J connectivity index is 2.23. The molecule has 1 heterocycles. The molecule has 2 nitrogen and oxygen atoms in total. The van der Waals surface area contributed by atoms with Crippen molar-refractivity contribution in [3.63, 3.8) is 0 Å². The van der Waals surface area contributed by atoms with E-state index >= 15 is 0 Å². The highest BCUT2D eigenvalue weighted by Crippen LogP contribution is 2.28. The first kappa shape index (κ1) is 14.9. The molecule has 2 aromatic rings. The molecule has 102 valence electrons. The summed E-state index contributed by atoms with van der Waals surface area (Å²) in [5, 5.41) is 4.80. The van der Waals surface area contributed by atoms with E-state index in [0.29, 0.717) is 5.02 Å². The predicted octanol–water partition coefficient (Wildman–Crippen LogP) is 5.24. The topological polar surface area (TPSA) is 25.2 Å². The second-order valence-electron chi connectivity index (χ2n) is 4.19. The average molecular weight is 363 g/mol. The molecule has 0 aliphatic carbocycles. The van der Waals surface area contributed by atoms with E-state index in [1.54, 1.807) is 6.07 Å². The number of halogens is 3. The van der Waals surface area contributed by atoms with Gasteiger partial charge in [0.1, 0.15) is 5.76 Å². The lowest BCUT2D eigenvalue weighted by Crippen LogP contribution is -2.22. The first-order chi connectivity index (χ1) is 9.10. The Hall–Kier alpha value is -0.480.